The molecule has 0 saturated carbocycles. The molecular formula is C6H5ClN4. The fraction of sp³-hybridized carbons (Fsp3) is 0.167. The summed E-state index contributed by atoms with van der Waals surface area (Å²) in [5.74, 6) is 0. The number of halogens is 1. The molecular weight excluding hydrogens is 164 g/mol. The summed E-state index contributed by atoms with van der Waals surface area (Å²) in [7, 11) is 0. The molecule has 5 heteroatoms. The molecule has 2 rings (SSSR count). The predicted molar refractivity (Wildman–Crippen MR) is 40.5 cm³/mol. The van der Waals surface area contributed by atoms with Crippen LogP contribution in [0.3, 0.4) is 0 Å². The van der Waals surface area contributed by atoms with Crippen molar-refractivity contribution in [2.45, 2.75) is 6.92 Å². The van der Waals surface area contributed by atoms with Crippen LogP contribution in [0.2, 0.25) is 5.15 Å². The average molecular weight is 169 g/mol. The number of aryl methyl sites for hydroxylation is 1. The summed E-state index contributed by atoms with van der Waals surface area (Å²) in [4.78, 5) is 7.93. The Balaban J connectivity index is 2.91. The minimum Gasteiger partial charge on any atom is -0.236 e. The van der Waals surface area contributed by atoms with Crippen molar-refractivity contribution in [1.29, 1.82) is 0 Å². The van der Waals surface area contributed by atoms with E-state index in [2.05, 4.69) is 15.1 Å². The van der Waals surface area contributed by atoms with Crippen molar-refractivity contribution in [3.63, 3.8) is 0 Å². The summed E-state index contributed by atoms with van der Waals surface area (Å²) in [5, 5.41) is 4.31. The quantitative estimate of drug-likeness (QED) is 0.592. The molecule has 0 spiro atoms. The van der Waals surface area contributed by atoms with E-state index in [-0.39, 0.29) is 0 Å². The van der Waals surface area contributed by atoms with Gasteiger partial charge in [-0.15, -0.1) is 0 Å². The largest absolute Gasteiger partial charge is 0.236 e. The zero-order valence-corrected chi connectivity index (χ0v) is 6.58. The highest BCUT2D eigenvalue weighted by Gasteiger charge is 2.01. The molecule has 0 radical (unpaired) electrons. The molecule has 0 fully saturated rings. The van der Waals surface area contributed by atoms with Gasteiger partial charge in [-0.1, -0.05) is 11.6 Å². The highest BCUT2D eigenvalue weighted by Crippen LogP contribution is 2.10. The summed E-state index contributed by atoms with van der Waals surface area (Å²) in [6.45, 7) is 1.85. The molecule has 0 aromatic carbocycles. The number of aromatic nitrogens is 4. The molecule has 0 bridgehead atoms. The summed E-state index contributed by atoms with van der Waals surface area (Å²) >= 11 is 5.77. The molecule has 0 atom stereocenters. The Morgan fingerprint density at radius 1 is 1.55 bits per heavy atom. The second kappa shape index (κ2) is 2.17. The maximum atomic E-state index is 5.77. The van der Waals surface area contributed by atoms with Crippen LogP contribution in [0, 0.1) is 6.92 Å². The molecule has 11 heavy (non-hydrogen) atoms. The van der Waals surface area contributed by atoms with E-state index in [1.165, 1.54) is 6.33 Å². The van der Waals surface area contributed by atoms with E-state index >= 15 is 0 Å². The van der Waals surface area contributed by atoms with Crippen LogP contribution in [0.4, 0.5) is 0 Å². The second-order valence-electron chi connectivity index (χ2n) is 2.20. The molecule has 2 aromatic rings. The molecule has 0 N–H and O–H groups in total. The Hall–Kier alpha value is -1.16. The Kier molecular flexibility index (Phi) is 1.29. The van der Waals surface area contributed by atoms with E-state index in [9.17, 15) is 0 Å². The third-order valence-electron chi connectivity index (χ3n) is 1.34. The lowest BCUT2D eigenvalue weighted by Gasteiger charge is -1.94. The van der Waals surface area contributed by atoms with Crippen LogP contribution >= 0.6 is 11.6 Å². The van der Waals surface area contributed by atoms with Crippen LogP contribution in [-0.2, 0) is 0 Å². The topological polar surface area (TPSA) is 43.1 Å². The van der Waals surface area contributed by atoms with Crippen LogP contribution in [0.15, 0.2) is 12.5 Å². The number of rotatable bonds is 0. The van der Waals surface area contributed by atoms with Gasteiger partial charge in [0.05, 0.1) is 11.9 Å². The van der Waals surface area contributed by atoms with Crippen molar-refractivity contribution in [3.05, 3.63) is 23.4 Å². The van der Waals surface area contributed by atoms with Gasteiger partial charge in [0.15, 0.2) is 10.8 Å². The van der Waals surface area contributed by atoms with Gasteiger partial charge < -0.3 is 0 Å². The molecule has 4 nitrogen and oxygen atoms in total. The van der Waals surface area contributed by atoms with Gasteiger partial charge >= 0.3 is 0 Å². The van der Waals surface area contributed by atoms with Crippen molar-refractivity contribution in [2.75, 3.05) is 0 Å². The highest BCUT2D eigenvalue weighted by atomic mass is 35.5. The minimum absolute atomic E-state index is 0.391. The monoisotopic (exact) mass is 168 g/mol. The third kappa shape index (κ3) is 0.952. The maximum absolute atomic E-state index is 5.77. The normalized spacial score (nSPS) is 10.7. The van der Waals surface area contributed by atoms with E-state index in [0.717, 1.165) is 5.69 Å². The Morgan fingerprint density at radius 3 is 3.18 bits per heavy atom. The van der Waals surface area contributed by atoms with E-state index in [1.54, 1.807) is 10.7 Å². The number of nitrogens with zero attached hydrogens (tertiary/aromatic N) is 4. The summed E-state index contributed by atoms with van der Waals surface area (Å²) in [5.41, 5.74) is 1.42. The van der Waals surface area contributed by atoms with E-state index in [4.69, 9.17) is 11.6 Å². The SMILES string of the molecule is Cc1cn2ncnc2c(Cl)n1. The number of fused-ring (bicyclic) bond motifs is 1. The first-order chi connectivity index (χ1) is 5.27. The molecule has 56 valence electrons. The van der Waals surface area contributed by atoms with Crippen molar-refractivity contribution in [1.82, 2.24) is 19.6 Å². The summed E-state index contributed by atoms with van der Waals surface area (Å²) in [6.07, 6.45) is 3.22. The Bertz CT molecular complexity index is 394. The van der Waals surface area contributed by atoms with Crippen LogP contribution in [0.5, 0.6) is 0 Å². The van der Waals surface area contributed by atoms with Crippen LogP contribution in [0.25, 0.3) is 5.65 Å². The Morgan fingerprint density at radius 2 is 2.36 bits per heavy atom. The smallest absolute Gasteiger partial charge is 0.193 e. The maximum Gasteiger partial charge on any atom is 0.193 e. The molecule has 2 aromatic heterocycles. The Labute approximate surface area is 67.8 Å². The van der Waals surface area contributed by atoms with Gasteiger partial charge in [0, 0.05) is 0 Å². The first-order valence-corrected chi connectivity index (χ1v) is 3.47. The lowest BCUT2D eigenvalue weighted by atomic mass is 10.5. The van der Waals surface area contributed by atoms with Gasteiger partial charge in [-0.25, -0.2) is 14.5 Å². The van der Waals surface area contributed by atoms with Gasteiger partial charge in [0.25, 0.3) is 0 Å². The predicted octanol–water partition coefficient (Wildman–Crippen LogP) is 1.09. The van der Waals surface area contributed by atoms with Crippen LogP contribution < -0.4 is 0 Å². The summed E-state index contributed by atoms with van der Waals surface area (Å²) in [6, 6.07) is 0. The van der Waals surface area contributed by atoms with E-state index in [0.29, 0.717) is 10.8 Å². The van der Waals surface area contributed by atoms with Gasteiger partial charge in [-0.2, -0.15) is 5.10 Å². The van der Waals surface area contributed by atoms with Crippen molar-refractivity contribution in [2.24, 2.45) is 0 Å². The molecule has 0 amide bonds. The van der Waals surface area contributed by atoms with E-state index in [1.807, 2.05) is 6.92 Å². The third-order valence-corrected chi connectivity index (χ3v) is 1.59. The van der Waals surface area contributed by atoms with Crippen molar-refractivity contribution in [3.8, 4) is 0 Å². The zero-order chi connectivity index (χ0) is 7.84. The van der Waals surface area contributed by atoms with Crippen molar-refractivity contribution >= 4 is 17.2 Å². The molecule has 0 aliphatic heterocycles. The van der Waals surface area contributed by atoms with Gasteiger partial charge in [0.2, 0.25) is 0 Å². The zero-order valence-electron chi connectivity index (χ0n) is 5.82. The number of hydrogen-bond acceptors (Lipinski definition) is 3. The molecule has 0 aliphatic rings. The average Bonchev–Trinajstić information content (AvgIpc) is 2.34. The number of hydrogen-bond donors (Lipinski definition) is 0. The second-order valence-corrected chi connectivity index (χ2v) is 2.56. The van der Waals surface area contributed by atoms with E-state index < -0.39 is 0 Å². The van der Waals surface area contributed by atoms with Crippen molar-refractivity contribution < 1.29 is 0 Å². The van der Waals surface area contributed by atoms with Crippen LogP contribution in [0.1, 0.15) is 5.69 Å². The van der Waals surface area contributed by atoms with Crippen LogP contribution in [-0.4, -0.2) is 19.6 Å². The van der Waals surface area contributed by atoms with Gasteiger partial charge in [-0.05, 0) is 6.92 Å². The molecule has 0 aliphatic carbocycles. The first kappa shape index (κ1) is 6.54. The fourth-order valence-electron chi connectivity index (χ4n) is 0.903. The standard InChI is InChI=1S/C6H5ClN4/c1-4-2-11-6(5(7)10-4)8-3-9-11/h2-3H,1H3. The molecule has 2 heterocycles. The summed E-state index contributed by atoms with van der Waals surface area (Å²) < 4.78 is 1.60. The first-order valence-electron chi connectivity index (χ1n) is 3.10. The molecule has 0 saturated heterocycles. The lowest BCUT2D eigenvalue weighted by molar-refractivity contribution is 0.928. The fourth-order valence-corrected chi connectivity index (χ4v) is 1.17. The lowest BCUT2D eigenvalue weighted by Crippen LogP contribution is -1.92. The van der Waals surface area contributed by atoms with Gasteiger partial charge in [0.1, 0.15) is 6.33 Å². The van der Waals surface area contributed by atoms with Gasteiger partial charge in [-0.3, -0.25) is 0 Å². The minimum atomic E-state index is 0.391. The highest BCUT2D eigenvalue weighted by molar-refractivity contribution is 6.32. The molecule has 0 unspecified atom stereocenters.